The average molecular weight is 583 g/mol. The number of aliphatic hydroxyl groups excluding tert-OH is 1. The summed E-state index contributed by atoms with van der Waals surface area (Å²) in [7, 11) is 0. The van der Waals surface area contributed by atoms with Gasteiger partial charge in [0.05, 0.1) is 29.0 Å². The highest BCUT2D eigenvalue weighted by Crippen LogP contribution is 2.43. The molecule has 0 aliphatic carbocycles. The molecule has 1 aliphatic heterocycles. The van der Waals surface area contributed by atoms with Crippen LogP contribution in [0.15, 0.2) is 107 Å². The predicted molar refractivity (Wildman–Crippen MR) is 164 cm³/mol. The van der Waals surface area contributed by atoms with Gasteiger partial charge in [-0.05, 0) is 47.5 Å². The molecule has 0 saturated carbocycles. The second-order valence-electron chi connectivity index (χ2n) is 10.0. The maximum Gasteiger partial charge on any atom is 0.255 e. The molecule has 0 bridgehead atoms. The zero-order chi connectivity index (χ0) is 28.2. The van der Waals surface area contributed by atoms with E-state index in [9.17, 15) is 9.90 Å². The van der Waals surface area contributed by atoms with Crippen LogP contribution in [0.1, 0.15) is 46.4 Å². The van der Waals surface area contributed by atoms with Gasteiger partial charge in [-0.25, -0.2) is 4.98 Å². The summed E-state index contributed by atoms with van der Waals surface area (Å²) in [4.78, 5) is 17.4. The maximum atomic E-state index is 12.6. The van der Waals surface area contributed by atoms with Crippen LogP contribution in [0.5, 0.6) is 0 Å². The minimum absolute atomic E-state index is 0.00167. The Balaban J connectivity index is 1.21. The van der Waals surface area contributed by atoms with Crippen LogP contribution in [0.2, 0.25) is 0 Å². The smallest absolute Gasteiger partial charge is 0.255 e. The number of fused-ring (bicyclic) bond motifs is 1. The largest absolute Gasteiger partial charge is 0.392 e. The van der Waals surface area contributed by atoms with Crippen LogP contribution in [0, 0.1) is 5.92 Å². The SMILES string of the molecule is CC1C(CSc2nc3ccccc3s2)OC(c2ccc(NC(=O)c3ccccc3)cc2)OC1c1ccc(CO)cc1. The minimum atomic E-state index is -0.575. The summed E-state index contributed by atoms with van der Waals surface area (Å²) in [6.07, 6.45) is -0.862. The number of nitrogens with zero attached hydrogens (tertiary/aromatic N) is 1. The highest BCUT2D eigenvalue weighted by molar-refractivity contribution is 8.01. The van der Waals surface area contributed by atoms with Crippen molar-refractivity contribution in [2.75, 3.05) is 11.1 Å². The van der Waals surface area contributed by atoms with Gasteiger partial charge in [0, 0.05) is 28.5 Å². The molecule has 41 heavy (non-hydrogen) atoms. The number of thiazole rings is 1. The minimum Gasteiger partial charge on any atom is -0.392 e. The van der Waals surface area contributed by atoms with E-state index in [0.717, 1.165) is 32.3 Å². The number of hydrogen-bond acceptors (Lipinski definition) is 7. The van der Waals surface area contributed by atoms with Crippen molar-refractivity contribution in [3.8, 4) is 0 Å². The molecule has 2 N–H and O–H groups in total. The standard InChI is InChI=1S/C33H30N2O4S2/c1-21-28(20-40-33-35-27-9-5-6-10-29(27)41-33)38-32(39-30(21)23-13-11-22(19-36)12-14-23)25-15-17-26(18-16-25)34-31(37)24-7-3-2-4-8-24/h2-18,21,28,30,32,36H,19-20H2,1H3,(H,34,37). The third-order valence-corrected chi connectivity index (χ3v) is 9.51. The molecule has 4 aromatic carbocycles. The molecule has 1 amide bonds. The monoisotopic (exact) mass is 582 g/mol. The highest BCUT2D eigenvalue weighted by atomic mass is 32.2. The van der Waals surface area contributed by atoms with Crippen LogP contribution in [-0.2, 0) is 16.1 Å². The van der Waals surface area contributed by atoms with Crippen molar-refractivity contribution in [1.82, 2.24) is 4.98 Å². The number of para-hydroxylation sites is 1. The lowest BCUT2D eigenvalue weighted by Gasteiger charge is -2.41. The topological polar surface area (TPSA) is 80.7 Å². The fourth-order valence-corrected chi connectivity index (χ4v) is 7.15. The zero-order valence-electron chi connectivity index (χ0n) is 22.5. The molecule has 4 atom stereocenters. The van der Waals surface area contributed by atoms with Crippen LogP contribution in [0.25, 0.3) is 10.2 Å². The molecule has 1 aliphatic rings. The quantitative estimate of drug-likeness (QED) is 0.183. The van der Waals surface area contributed by atoms with Gasteiger partial charge in [0.25, 0.3) is 5.91 Å². The van der Waals surface area contributed by atoms with Crippen molar-refractivity contribution in [3.63, 3.8) is 0 Å². The van der Waals surface area contributed by atoms with E-state index in [4.69, 9.17) is 14.5 Å². The molecule has 6 rings (SSSR count). The molecule has 0 spiro atoms. The summed E-state index contributed by atoms with van der Waals surface area (Å²) < 4.78 is 15.3. The van der Waals surface area contributed by atoms with Gasteiger partial charge in [-0.1, -0.05) is 85.4 Å². The normalized spacial score (nSPS) is 20.6. The highest BCUT2D eigenvalue weighted by Gasteiger charge is 2.38. The number of rotatable bonds is 8. The van der Waals surface area contributed by atoms with Crippen molar-refractivity contribution >= 4 is 44.9 Å². The summed E-state index contributed by atoms with van der Waals surface area (Å²) in [5.74, 6) is 0.658. The molecule has 4 unspecified atom stereocenters. The van der Waals surface area contributed by atoms with Crippen molar-refractivity contribution in [2.45, 2.75) is 36.4 Å². The van der Waals surface area contributed by atoms with E-state index >= 15 is 0 Å². The summed E-state index contributed by atoms with van der Waals surface area (Å²) in [5.41, 5.74) is 5.10. The molecule has 5 aromatic rings. The van der Waals surface area contributed by atoms with E-state index in [1.807, 2.05) is 84.9 Å². The van der Waals surface area contributed by atoms with Crippen LogP contribution in [0.3, 0.4) is 0 Å². The first kappa shape index (κ1) is 27.6. The van der Waals surface area contributed by atoms with Gasteiger partial charge < -0.3 is 19.9 Å². The van der Waals surface area contributed by atoms with E-state index < -0.39 is 6.29 Å². The molecule has 6 nitrogen and oxygen atoms in total. The molecule has 1 fully saturated rings. The van der Waals surface area contributed by atoms with E-state index in [-0.39, 0.29) is 30.6 Å². The Hall–Kier alpha value is -3.53. The van der Waals surface area contributed by atoms with E-state index in [1.54, 1.807) is 35.2 Å². The molecule has 1 saturated heterocycles. The fraction of sp³-hybridized carbons (Fsp3) is 0.212. The Bertz CT molecular complexity index is 1570. The van der Waals surface area contributed by atoms with Crippen LogP contribution in [-0.4, -0.2) is 27.9 Å². The molecule has 8 heteroatoms. The van der Waals surface area contributed by atoms with E-state index in [2.05, 4.69) is 18.3 Å². The van der Waals surface area contributed by atoms with Crippen LogP contribution >= 0.6 is 23.1 Å². The van der Waals surface area contributed by atoms with Gasteiger partial charge in [0.2, 0.25) is 0 Å². The van der Waals surface area contributed by atoms with Crippen molar-refractivity contribution in [1.29, 1.82) is 0 Å². The Labute approximate surface area is 247 Å². The average Bonchev–Trinajstić information content (AvgIpc) is 3.45. The lowest BCUT2D eigenvalue weighted by Crippen LogP contribution is -2.38. The second kappa shape index (κ2) is 12.5. The Morgan fingerprint density at radius 1 is 0.902 bits per heavy atom. The number of hydrogen-bond donors (Lipinski definition) is 2. The number of anilines is 1. The summed E-state index contributed by atoms with van der Waals surface area (Å²) >= 11 is 3.41. The van der Waals surface area contributed by atoms with Crippen LogP contribution < -0.4 is 5.32 Å². The first-order valence-corrected chi connectivity index (χ1v) is 15.3. The third-order valence-electron chi connectivity index (χ3n) is 7.25. The number of carbonyl (C=O) groups excluding carboxylic acids is 1. The van der Waals surface area contributed by atoms with E-state index in [1.165, 1.54) is 4.70 Å². The van der Waals surface area contributed by atoms with Crippen molar-refractivity contribution < 1.29 is 19.4 Å². The number of thioether (sulfide) groups is 1. The van der Waals surface area contributed by atoms with Gasteiger partial charge in [-0.2, -0.15) is 0 Å². The molecule has 2 heterocycles. The summed E-state index contributed by atoms with van der Waals surface area (Å²) in [6, 6.07) is 32.9. The van der Waals surface area contributed by atoms with E-state index in [0.29, 0.717) is 11.3 Å². The third kappa shape index (κ3) is 6.37. The summed E-state index contributed by atoms with van der Waals surface area (Å²) in [5, 5.41) is 12.5. The van der Waals surface area contributed by atoms with Gasteiger partial charge in [0.15, 0.2) is 10.6 Å². The first-order valence-electron chi connectivity index (χ1n) is 13.5. The number of aliphatic hydroxyl groups is 1. The number of carbonyl (C=O) groups is 1. The summed E-state index contributed by atoms with van der Waals surface area (Å²) in [6.45, 7) is 2.16. The van der Waals surface area contributed by atoms with Gasteiger partial charge in [-0.15, -0.1) is 11.3 Å². The zero-order valence-corrected chi connectivity index (χ0v) is 24.1. The molecule has 1 aromatic heterocycles. The number of ether oxygens (including phenoxy) is 2. The second-order valence-corrected chi connectivity index (χ2v) is 12.3. The fourth-order valence-electron chi connectivity index (χ4n) is 4.89. The number of benzene rings is 4. The Morgan fingerprint density at radius 3 is 2.34 bits per heavy atom. The molecular weight excluding hydrogens is 553 g/mol. The Morgan fingerprint density at radius 2 is 1.61 bits per heavy atom. The van der Waals surface area contributed by atoms with Crippen molar-refractivity contribution in [3.05, 3.63) is 125 Å². The van der Waals surface area contributed by atoms with Crippen LogP contribution in [0.4, 0.5) is 5.69 Å². The van der Waals surface area contributed by atoms with Gasteiger partial charge in [-0.3, -0.25) is 4.79 Å². The lowest BCUT2D eigenvalue weighted by molar-refractivity contribution is -0.268. The molecule has 0 radical (unpaired) electrons. The van der Waals surface area contributed by atoms with Gasteiger partial charge in [0.1, 0.15) is 0 Å². The maximum absolute atomic E-state index is 12.6. The first-order chi connectivity index (χ1) is 20.1. The molecular formula is C33H30N2O4S2. The van der Waals surface area contributed by atoms with Crippen molar-refractivity contribution in [2.24, 2.45) is 5.92 Å². The van der Waals surface area contributed by atoms with Gasteiger partial charge >= 0.3 is 0 Å². The predicted octanol–water partition coefficient (Wildman–Crippen LogP) is 7.62. The Kier molecular flexibility index (Phi) is 8.46. The molecule has 208 valence electrons. The number of nitrogens with one attached hydrogen (secondary N) is 1. The number of amides is 1. The lowest BCUT2D eigenvalue weighted by atomic mass is 9.91. The number of aromatic nitrogens is 1.